The smallest absolute Gasteiger partial charge is 0.0357 e. The molecule has 1 aliphatic rings. The number of halogens is 1. The van der Waals surface area contributed by atoms with Crippen LogP contribution >= 0.6 is 15.9 Å². The molecule has 1 aliphatic carbocycles. The van der Waals surface area contributed by atoms with Gasteiger partial charge in [-0.1, -0.05) is 28.1 Å². The van der Waals surface area contributed by atoms with Crippen LogP contribution in [0.2, 0.25) is 0 Å². The van der Waals surface area contributed by atoms with Crippen LogP contribution in [0.4, 0.5) is 0 Å². The van der Waals surface area contributed by atoms with Crippen molar-refractivity contribution >= 4 is 26.7 Å². The zero-order valence-corrected chi connectivity index (χ0v) is 12.4. The lowest BCUT2D eigenvalue weighted by molar-refractivity contribution is 0.296. The molecule has 0 heterocycles. The van der Waals surface area contributed by atoms with E-state index in [-0.39, 0.29) is 0 Å². The van der Waals surface area contributed by atoms with Crippen molar-refractivity contribution in [2.45, 2.75) is 24.8 Å². The van der Waals surface area contributed by atoms with E-state index in [4.69, 9.17) is 0 Å². The maximum atomic E-state index is 10.9. The molecule has 1 aromatic carbocycles. The molecular weight excluding hydrogens is 298 g/mol. The molecular formula is C13H18BrNOS. The van der Waals surface area contributed by atoms with Crippen LogP contribution in [0.3, 0.4) is 0 Å². The van der Waals surface area contributed by atoms with Crippen molar-refractivity contribution in [2.24, 2.45) is 0 Å². The highest BCUT2D eigenvalue weighted by molar-refractivity contribution is 9.10. The molecule has 4 heteroatoms. The standard InChI is InChI=1S/C13H18BrNOS/c1-17(16)6-5-15-13-8-11(9-13)10-3-2-4-12(14)7-10/h2-4,7,11,13,15H,5-6,8-9H2,1H3. The molecule has 1 aromatic rings. The SMILES string of the molecule is CS(=O)CCNC1CC(c2cccc(Br)c2)C1. The number of benzene rings is 1. The molecule has 1 unspecified atom stereocenters. The van der Waals surface area contributed by atoms with Gasteiger partial charge in [0.15, 0.2) is 0 Å². The molecule has 2 rings (SSSR count). The van der Waals surface area contributed by atoms with Crippen molar-refractivity contribution in [3.8, 4) is 0 Å². The van der Waals surface area contributed by atoms with Gasteiger partial charge < -0.3 is 5.32 Å². The summed E-state index contributed by atoms with van der Waals surface area (Å²) in [6, 6.07) is 9.19. The molecule has 94 valence electrons. The van der Waals surface area contributed by atoms with Crippen molar-refractivity contribution in [1.29, 1.82) is 0 Å². The molecule has 0 spiro atoms. The van der Waals surface area contributed by atoms with Crippen LogP contribution in [0.25, 0.3) is 0 Å². The Morgan fingerprint density at radius 2 is 2.24 bits per heavy atom. The third kappa shape index (κ3) is 3.90. The van der Waals surface area contributed by atoms with Gasteiger partial charge >= 0.3 is 0 Å². The van der Waals surface area contributed by atoms with Crippen LogP contribution in [-0.2, 0) is 10.8 Å². The maximum Gasteiger partial charge on any atom is 0.0357 e. The monoisotopic (exact) mass is 315 g/mol. The predicted octanol–water partition coefficient (Wildman–Crippen LogP) is 2.66. The Morgan fingerprint density at radius 3 is 2.88 bits per heavy atom. The minimum Gasteiger partial charge on any atom is -0.313 e. The Hall–Kier alpha value is -0.190. The second-order valence-electron chi connectivity index (χ2n) is 4.65. The molecule has 0 saturated heterocycles. The number of hydrogen-bond acceptors (Lipinski definition) is 2. The molecule has 0 radical (unpaired) electrons. The van der Waals surface area contributed by atoms with Gasteiger partial charge in [0.25, 0.3) is 0 Å². The van der Waals surface area contributed by atoms with E-state index in [2.05, 4.69) is 45.5 Å². The fourth-order valence-electron chi connectivity index (χ4n) is 2.22. The molecule has 0 amide bonds. The summed E-state index contributed by atoms with van der Waals surface area (Å²) in [5, 5.41) is 3.46. The van der Waals surface area contributed by atoms with Gasteiger partial charge in [0.2, 0.25) is 0 Å². The van der Waals surface area contributed by atoms with Crippen molar-refractivity contribution < 1.29 is 4.21 Å². The van der Waals surface area contributed by atoms with Gasteiger partial charge in [-0.15, -0.1) is 0 Å². The summed E-state index contributed by atoms with van der Waals surface area (Å²) >= 11 is 3.51. The van der Waals surface area contributed by atoms with Gasteiger partial charge in [-0.05, 0) is 36.5 Å². The summed E-state index contributed by atoms with van der Waals surface area (Å²) < 4.78 is 12.1. The quantitative estimate of drug-likeness (QED) is 0.905. The second-order valence-corrected chi connectivity index (χ2v) is 7.12. The lowest BCUT2D eigenvalue weighted by Crippen LogP contribution is -2.41. The summed E-state index contributed by atoms with van der Waals surface area (Å²) in [6.07, 6.45) is 4.16. The van der Waals surface area contributed by atoms with Crippen molar-refractivity contribution in [2.75, 3.05) is 18.6 Å². The average molecular weight is 316 g/mol. The summed E-state index contributed by atoms with van der Waals surface area (Å²) in [6.45, 7) is 0.874. The largest absolute Gasteiger partial charge is 0.313 e. The second kappa shape index (κ2) is 6.12. The Morgan fingerprint density at radius 1 is 1.47 bits per heavy atom. The predicted molar refractivity (Wildman–Crippen MR) is 76.8 cm³/mol. The summed E-state index contributed by atoms with van der Waals surface area (Å²) in [5.41, 5.74) is 1.43. The fraction of sp³-hybridized carbons (Fsp3) is 0.538. The van der Waals surface area contributed by atoms with E-state index in [0.29, 0.717) is 12.0 Å². The van der Waals surface area contributed by atoms with Crippen molar-refractivity contribution in [3.63, 3.8) is 0 Å². The molecule has 1 N–H and O–H groups in total. The third-order valence-corrected chi connectivity index (χ3v) is 4.55. The average Bonchev–Trinajstić information content (AvgIpc) is 2.21. The van der Waals surface area contributed by atoms with Crippen LogP contribution in [0.15, 0.2) is 28.7 Å². The van der Waals surface area contributed by atoms with Crippen LogP contribution in [-0.4, -0.2) is 28.8 Å². The van der Waals surface area contributed by atoms with Gasteiger partial charge in [0, 0.05) is 39.9 Å². The number of nitrogens with one attached hydrogen (secondary N) is 1. The molecule has 17 heavy (non-hydrogen) atoms. The Kier molecular flexibility index (Phi) is 4.77. The number of hydrogen-bond donors (Lipinski definition) is 1. The summed E-state index contributed by atoms with van der Waals surface area (Å²) in [5.74, 6) is 1.45. The van der Waals surface area contributed by atoms with Crippen LogP contribution < -0.4 is 5.32 Å². The van der Waals surface area contributed by atoms with E-state index in [9.17, 15) is 4.21 Å². The van der Waals surface area contributed by atoms with E-state index < -0.39 is 10.8 Å². The topological polar surface area (TPSA) is 29.1 Å². The first-order valence-electron chi connectivity index (χ1n) is 5.94. The molecule has 0 bridgehead atoms. The zero-order chi connectivity index (χ0) is 12.3. The van der Waals surface area contributed by atoms with E-state index in [1.54, 1.807) is 6.26 Å². The van der Waals surface area contributed by atoms with Crippen LogP contribution in [0.5, 0.6) is 0 Å². The van der Waals surface area contributed by atoms with Crippen molar-refractivity contribution in [1.82, 2.24) is 5.32 Å². The van der Waals surface area contributed by atoms with Gasteiger partial charge in [0.1, 0.15) is 0 Å². The Labute approximate surface area is 114 Å². The molecule has 1 saturated carbocycles. The highest BCUT2D eigenvalue weighted by atomic mass is 79.9. The van der Waals surface area contributed by atoms with E-state index >= 15 is 0 Å². The first-order valence-corrected chi connectivity index (χ1v) is 8.46. The van der Waals surface area contributed by atoms with Gasteiger partial charge in [-0.2, -0.15) is 0 Å². The molecule has 0 aliphatic heterocycles. The Balaban J connectivity index is 1.73. The first-order chi connectivity index (χ1) is 8.15. The lowest BCUT2D eigenvalue weighted by atomic mass is 9.76. The zero-order valence-electron chi connectivity index (χ0n) is 9.99. The van der Waals surface area contributed by atoms with Crippen molar-refractivity contribution in [3.05, 3.63) is 34.3 Å². The number of rotatable bonds is 5. The minimum absolute atomic E-state index is 0.613. The highest BCUT2D eigenvalue weighted by Gasteiger charge is 2.29. The normalized spacial score (nSPS) is 25.3. The molecule has 2 nitrogen and oxygen atoms in total. The lowest BCUT2D eigenvalue weighted by Gasteiger charge is -2.36. The fourth-order valence-corrected chi connectivity index (χ4v) is 3.05. The van der Waals surface area contributed by atoms with E-state index in [0.717, 1.165) is 16.8 Å². The Bertz CT molecular complexity index is 404. The summed E-state index contributed by atoms with van der Waals surface area (Å²) in [7, 11) is -0.676. The van der Waals surface area contributed by atoms with E-state index in [1.165, 1.54) is 18.4 Å². The minimum atomic E-state index is -0.676. The van der Waals surface area contributed by atoms with Crippen LogP contribution in [0.1, 0.15) is 24.3 Å². The van der Waals surface area contributed by atoms with Gasteiger partial charge in [0.05, 0.1) is 0 Å². The van der Waals surface area contributed by atoms with E-state index in [1.807, 2.05) is 0 Å². The van der Waals surface area contributed by atoms with Gasteiger partial charge in [-0.25, -0.2) is 0 Å². The third-order valence-electron chi connectivity index (χ3n) is 3.28. The highest BCUT2D eigenvalue weighted by Crippen LogP contribution is 2.37. The molecule has 1 atom stereocenters. The van der Waals surface area contributed by atoms with Crippen LogP contribution in [0, 0.1) is 0 Å². The molecule has 0 aromatic heterocycles. The van der Waals surface area contributed by atoms with Gasteiger partial charge in [-0.3, -0.25) is 4.21 Å². The molecule has 1 fully saturated rings. The maximum absolute atomic E-state index is 10.9. The summed E-state index contributed by atoms with van der Waals surface area (Å²) in [4.78, 5) is 0. The first kappa shape index (κ1) is 13.2.